The Bertz CT molecular complexity index is 738. The second kappa shape index (κ2) is 7.58. The fourth-order valence-electron chi connectivity index (χ4n) is 4.05. The van der Waals surface area contributed by atoms with Crippen molar-refractivity contribution >= 4 is 16.9 Å². The van der Waals surface area contributed by atoms with Crippen LogP contribution in [-0.2, 0) is 0 Å². The van der Waals surface area contributed by atoms with Crippen molar-refractivity contribution in [1.82, 2.24) is 9.80 Å². The fourth-order valence-corrected chi connectivity index (χ4v) is 4.05. The highest BCUT2D eigenvalue weighted by molar-refractivity contribution is 6.05. The molecule has 0 saturated carbocycles. The van der Waals surface area contributed by atoms with Gasteiger partial charge < -0.3 is 19.3 Å². The van der Waals surface area contributed by atoms with Crippen molar-refractivity contribution < 1.29 is 14.3 Å². The quantitative estimate of drug-likeness (QED) is 0.906. The number of aliphatic hydroxyl groups excluding tert-OH is 1. The predicted molar refractivity (Wildman–Crippen MR) is 98.8 cm³/mol. The molecule has 1 amide bonds. The first kappa shape index (κ1) is 18.0. The van der Waals surface area contributed by atoms with E-state index in [1.807, 2.05) is 36.1 Å². The van der Waals surface area contributed by atoms with Crippen molar-refractivity contribution in [3.8, 4) is 0 Å². The highest BCUT2D eigenvalue weighted by Crippen LogP contribution is 2.28. The highest BCUT2D eigenvalue weighted by atomic mass is 16.3. The van der Waals surface area contributed by atoms with E-state index in [1.54, 1.807) is 0 Å². The number of carbonyl (C=O) groups excluding carboxylic acids is 1. The lowest BCUT2D eigenvalue weighted by Gasteiger charge is -2.41. The lowest BCUT2D eigenvalue weighted by Crippen LogP contribution is -2.50. The number of aliphatic hydroxyl groups is 1. The van der Waals surface area contributed by atoms with Crippen LogP contribution in [0, 0.1) is 12.8 Å². The van der Waals surface area contributed by atoms with Crippen molar-refractivity contribution in [1.29, 1.82) is 0 Å². The Balaban J connectivity index is 1.82. The van der Waals surface area contributed by atoms with Crippen LogP contribution in [0.2, 0.25) is 0 Å². The van der Waals surface area contributed by atoms with Gasteiger partial charge in [0.25, 0.3) is 5.91 Å². The first-order valence-corrected chi connectivity index (χ1v) is 9.07. The van der Waals surface area contributed by atoms with Gasteiger partial charge in [0.2, 0.25) is 0 Å². The zero-order valence-corrected chi connectivity index (χ0v) is 15.4. The van der Waals surface area contributed by atoms with Gasteiger partial charge in [-0.3, -0.25) is 4.79 Å². The lowest BCUT2D eigenvalue weighted by molar-refractivity contribution is 0.0496. The van der Waals surface area contributed by atoms with E-state index in [9.17, 15) is 9.90 Å². The average molecular weight is 344 g/mol. The lowest BCUT2D eigenvalue weighted by atomic mass is 9.87. The largest absolute Gasteiger partial charge is 0.461 e. The minimum absolute atomic E-state index is 0.0474. The molecule has 1 aliphatic rings. The number of fused-ring (bicyclic) bond motifs is 1. The number of furan rings is 1. The number of para-hydroxylation sites is 1. The molecule has 1 saturated heterocycles. The van der Waals surface area contributed by atoms with Gasteiger partial charge in [0, 0.05) is 31.1 Å². The molecule has 0 bridgehead atoms. The first-order chi connectivity index (χ1) is 12.0. The number of piperidine rings is 1. The molecule has 1 N–H and O–H groups in total. The summed E-state index contributed by atoms with van der Waals surface area (Å²) in [5.74, 6) is 1.26. The Morgan fingerprint density at radius 2 is 2.20 bits per heavy atom. The first-order valence-electron chi connectivity index (χ1n) is 9.07. The molecule has 25 heavy (non-hydrogen) atoms. The average Bonchev–Trinajstić information content (AvgIpc) is 2.99. The van der Waals surface area contributed by atoms with E-state index in [0.717, 1.165) is 43.5 Å². The normalized spacial score (nSPS) is 21.2. The molecule has 2 aromatic rings. The Morgan fingerprint density at radius 1 is 1.40 bits per heavy atom. The molecule has 0 unspecified atom stereocenters. The summed E-state index contributed by atoms with van der Waals surface area (Å²) in [6, 6.07) is 8.17. The van der Waals surface area contributed by atoms with Crippen LogP contribution in [0.25, 0.3) is 11.0 Å². The molecule has 136 valence electrons. The number of hydrogen-bond acceptors (Lipinski definition) is 4. The van der Waals surface area contributed by atoms with Gasteiger partial charge in [0.05, 0.1) is 5.56 Å². The smallest absolute Gasteiger partial charge is 0.257 e. The monoisotopic (exact) mass is 344 g/mol. The van der Waals surface area contributed by atoms with Crippen LogP contribution in [0.5, 0.6) is 0 Å². The number of hydrogen-bond donors (Lipinski definition) is 1. The highest BCUT2D eigenvalue weighted by Gasteiger charge is 2.33. The maximum absolute atomic E-state index is 13.1. The van der Waals surface area contributed by atoms with Crippen molar-refractivity contribution in [2.75, 3.05) is 33.8 Å². The zero-order chi connectivity index (χ0) is 18.0. The van der Waals surface area contributed by atoms with Crippen LogP contribution in [0.4, 0.5) is 0 Å². The van der Waals surface area contributed by atoms with Gasteiger partial charge in [0.1, 0.15) is 11.3 Å². The molecule has 0 radical (unpaired) electrons. The van der Waals surface area contributed by atoms with Crippen LogP contribution < -0.4 is 0 Å². The Kier molecular flexibility index (Phi) is 5.45. The molecule has 1 aromatic heterocycles. The molecule has 2 atom stereocenters. The SMILES string of the molecule is Cc1cc2cccc(C(=O)N3CC[C@H](N(C)C)[C@H](CCCO)C3)c2o1. The summed E-state index contributed by atoms with van der Waals surface area (Å²) in [7, 11) is 4.20. The fraction of sp³-hybridized carbons (Fsp3) is 0.550. The Morgan fingerprint density at radius 3 is 2.92 bits per heavy atom. The molecular weight excluding hydrogens is 316 g/mol. The molecule has 5 heteroatoms. The molecule has 1 aromatic carbocycles. The number of likely N-dealkylation sites (tertiary alicyclic amines) is 1. The van der Waals surface area contributed by atoms with Gasteiger partial charge in [-0.2, -0.15) is 0 Å². The molecular formula is C20H28N2O3. The van der Waals surface area contributed by atoms with Gasteiger partial charge in [-0.25, -0.2) is 0 Å². The predicted octanol–water partition coefficient (Wildman–Crippen LogP) is 2.91. The summed E-state index contributed by atoms with van der Waals surface area (Å²) in [6.07, 6.45) is 2.68. The molecule has 5 nitrogen and oxygen atoms in total. The molecule has 2 heterocycles. The molecule has 0 spiro atoms. The number of amides is 1. The minimum Gasteiger partial charge on any atom is -0.461 e. The summed E-state index contributed by atoms with van der Waals surface area (Å²) in [5, 5.41) is 10.2. The summed E-state index contributed by atoms with van der Waals surface area (Å²) in [4.78, 5) is 17.3. The van der Waals surface area contributed by atoms with Crippen molar-refractivity contribution in [2.45, 2.75) is 32.2 Å². The number of nitrogens with zero attached hydrogens (tertiary/aromatic N) is 2. The van der Waals surface area contributed by atoms with Crippen LogP contribution in [0.3, 0.4) is 0 Å². The molecule has 3 rings (SSSR count). The van der Waals surface area contributed by atoms with Gasteiger partial charge in [-0.15, -0.1) is 0 Å². The van der Waals surface area contributed by atoms with Crippen LogP contribution in [0.15, 0.2) is 28.7 Å². The number of carbonyl (C=O) groups is 1. The number of rotatable bonds is 5. The summed E-state index contributed by atoms with van der Waals surface area (Å²) in [6.45, 7) is 3.60. The van der Waals surface area contributed by atoms with E-state index in [0.29, 0.717) is 23.1 Å². The van der Waals surface area contributed by atoms with Crippen molar-refractivity contribution in [3.63, 3.8) is 0 Å². The van der Waals surface area contributed by atoms with E-state index in [4.69, 9.17) is 4.42 Å². The summed E-state index contributed by atoms with van der Waals surface area (Å²) < 4.78 is 5.77. The third kappa shape index (κ3) is 3.72. The Labute approximate surface area is 149 Å². The van der Waals surface area contributed by atoms with Crippen LogP contribution >= 0.6 is 0 Å². The molecule has 1 aliphatic heterocycles. The molecule has 1 fully saturated rings. The third-order valence-corrected chi connectivity index (χ3v) is 5.28. The van der Waals surface area contributed by atoms with Gasteiger partial charge in [0.15, 0.2) is 0 Å². The number of benzene rings is 1. The van der Waals surface area contributed by atoms with E-state index >= 15 is 0 Å². The van der Waals surface area contributed by atoms with Crippen LogP contribution in [-0.4, -0.2) is 60.6 Å². The van der Waals surface area contributed by atoms with E-state index in [2.05, 4.69) is 19.0 Å². The van der Waals surface area contributed by atoms with Crippen molar-refractivity contribution in [3.05, 3.63) is 35.6 Å². The van der Waals surface area contributed by atoms with E-state index < -0.39 is 0 Å². The zero-order valence-electron chi connectivity index (χ0n) is 15.4. The van der Waals surface area contributed by atoms with Gasteiger partial charge >= 0.3 is 0 Å². The Hall–Kier alpha value is -1.85. The second-order valence-corrected chi connectivity index (χ2v) is 7.28. The van der Waals surface area contributed by atoms with Gasteiger partial charge in [-0.1, -0.05) is 12.1 Å². The summed E-state index contributed by atoms with van der Waals surface area (Å²) >= 11 is 0. The van der Waals surface area contributed by atoms with Crippen LogP contribution in [0.1, 0.15) is 35.4 Å². The molecule has 0 aliphatic carbocycles. The van der Waals surface area contributed by atoms with E-state index in [1.165, 1.54) is 0 Å². The number of aryl methyl sites for hydroxylation is 1. The maximum Gasteiger partial charge on any atom is 0.257 e. The second-order valence-electron chi connectivity index (χ2n) is 7.28. The maximum atomic E-state index is 13.1. The van der Waals surface area contributed by atoms with Gasteiger partial charge in [-0.05, 0) is 58.3 Å². The summed E-state index contributed by atoms with van der Waals surface area (Å²) in [5.41, 5.74) is 1.33. The third-order valence-electron chi connectivity index (χ3n) is 5.28. The standard InChI is InChI=1S/C20H28N2O3/c1-14-12-15-6-4-8-17(19(15)25-14)20(24)22-10-9-18(21(2)3)16(13-22)7-5-11-23/h4,6,8,12,16,18,23H,5,7,9-11,13H2,1-3H3/t16-,18+/m1/s1. The van der Waals surface area contributed by atoms with E-state index in [-0.39, 0.29) is 12.5 Å². The topological polar surface area (TPSA) is 56.9 Å². The minimum atomic E-state index is 0.0474. The van der Waals surface area contributed by atoms with Crippen molar-refractivity contribution in [2.24, 2.45) is 5.92 Å².